The lowest BCUT2D eigenvalue weighted by atomic mass is 10.2. The first kappa shape index (κ1) is 14.4. The molecule has 3 atom stereocenters. The van der Waals surface area contributed by atoms with Crippen molar-refractivity contribution in [3.05, 3.63) is 29.3 Å². The van der Waals surface area contributed by atoms with E-state index in [4.69, 9.17) is 0 Å². The Morgan fingerprint density at radius 3 is 2.47 bits per heavy atom. The molecule has 1 aromatic rings. The van der Waals surface area contributed by atoms with Gasteiger partial charge in [-0.3, -0.25) is 4.21 Å². The van der Waals surface area contributed by atoms with E-state index in [-0.39, 0.29) is 5.25 Å². The highest BCUT2D eigenvalue weighted by atomic mass is 32.2. The summed E-state index contributed by atoms with van der Waals surface area (Å²) in [5, 5.41) is 3.37. The summed E-state index contributed by atoms with van der Waals surface area (Å²) in [5.74, 6) is 0. The lowest BCUT2D eigenvalue weighted by Crippen LogP contribution is -2.27. The van der Waals surface area contributed by atoms with Gasteiger partial charge in [0.1, 0.15) is 0 Å². The van der Waals surface area contributed by atoms with E-state index in [0.717, 1.165) is 16.9 Å². The predicted octanol–water partition coefficient (Wildman–Crippen LogP) is 2.80. The highest BCUT2D eigenvalue weighted by Crippen LogP contribution is 2.19. The van der Waals surface area contributed by atoms with E-state index in [9.17, 15) is 4.21 Å². The van der Waals surface area contributed by atoms with Crippen molar-refractivity contribution < 1.29 is 4.21 Å². The molecule has 1 aromatic carbocycles. The van der Waals surface area contributed by atoms with Gasteiger partial charge in [0.25, 0.3) is 0 Å². The summed E-state index contributed by atoms with van der Waals surface area (Å²) >= 11 is 0. The molecule has 0 aliphatic heterocycles. The fourth-order valence-corrected chi connectivity index (χ4v) is 3.42. The predicted molar refractivity (Wildman–Crippen MR) is 74.9 cm³/mol. The Bertz CT molecular complexity index is 403. The fourth-order valence-electron chi connectivity index (χ4n) is 1.94. The summed E-state index contributed by atoms with van der Waals surface area (Å²) in [5.41, 5.74) is 2.35. The van der Waals surface area contributed by atoms with Gasteiger partial charge in [0, 0.05) is 16.2 Å². The molecule has 3 unspecified atom stereocenters. The molecule has 0 bridgehead atoms. The third-order valence-electron chi connectivity index (χ3n) is 3.09. The monoisotopic (exact) mass is 253 g/mol. The van der Waals surface area contributed by atoms with E-state index in [0.29, 0.717) is 6.04 Å². The first-order chi connectivity index (χ1) is 7.95. The zero-order valence-electron chi connectivity index (χ0n) is 11.4. The van der Waals surface area contributed by atoms with Gasteiger partial charge < -0.3 is 5.32 Å². The summed E-state index contributed by atoms with van der Waals surface area (Å²) in [6.45, 7) is 8.28. The van der Waals surface area contributed by atoms with Crippen molar-refractivity contribution in [3.8, 4) is 0 Å². The third kappa shape index (κ3) is 3.93. The Morgan fingerprint density at radius 1 is 1.29 bits per heavy atom. The number of benzene rings is 1. The van der Waals surface area contributed by atoms with Gasteiger partial charge in [0.2, 0.25) is 0 Å². The first-order valence-corrected chi connectivity index (χ1v) is 7.32. The minimum absolute atomic E-state index is 0.179. The zero-order chi connectivity index (χ0) is 13.0. The summed E-state index contributed by atoms with van der Waals surface area (Å²) in [4.78, 5) is 0.978. The normalized spacial score (nSPS) is 16.5. The second-order valence-corrected chi connectivity index (χ2v) is 6.64. The lowest BCUT2D eigenvalue weighted by Gasteiger charge is -2.17. The standard InChI is InChI=1S/C14H23NOS/c1-10-6-7-14(11(2)8-10)17(16)13(4)9-12(3)15-5/h6-8,12-13,15H,9H2,1-5H3. The molecule has 0 amide bonds. The van der Waals surface area contributed by atoms with Crippen LogP contribution in [0.3, 0.4) is 0 Å². The van der Waals surface area contributed by atoms with Crippen molar-refractivity contribution in [2.75, 3.05) is 7.05 Å². The third-order valence-corrected chi connectivity index (χ3v) is 4.91. The van der Waals surface area contributed by atoms with Crippen LogP contribution in [-0.4, -0.2) is 22.5 Å². The second-order valence-electron chi connectivity index (χ2n) is 4.80. The maximum absolute atomic E-state index is 12.4. The molecule has 0 radical (unpaired) electrons. The molecule has 96 valence electrons. The minimum atomic E-state index is -0.910. The van der Waals surface area contributed by atoms with Gasteiger partial charge in [-0.05, 0) is 45.9 Å². The highest BCUT2D eigenvalue weighted by molar-refractivity contribution is 7.85. The van der Waals surface area contributed by atoms with Crippen LogP contribution >= 0.6 is 0 Å². The number of nitrogens with one attached hydrogen (secondary N) is 1. The maximum Gasteiger partial charge on any atom is 0.0561 e. The van der Waals surface area contributed by atoms with Gasteiger partial charge in [-0.1, -0.05) is 24.6 Å². The average Bonchev–Trinajstić information content (AvgIpc) is 2.28. The molecule has 0 fully saturated rings. The van der Waals surface area contributed by atoms with Crippen LogP contribution in [0.15, 0.2) is 23.1 Å². The van der Waals surface area contributed by atoms with Crippen LogP contribution in [0.4, 0.5) is 0 Å². The number of aryl methyl sites for hydroxylation is 2. The SMILES string of the molecule is CNC(C)CC(C)S(=O)c1ccc(C)cc1C. The maximum atomic E-state index is 12.4. The lowest BCUT2D eigenvalue weighted by molar-refractivity contribution is 0.554. The molecule has 0 aromatic heterocycles. The van der Waals surface area contributed by atoms with Crippen molar-refractivity contribution in [2.45, 2.75) is 50.3 Å². The largest absolute Gasteiger partial charge is 0.317 e. The van der Waals surface area contributed by atoms with E-state index in [1.54, 1.807) is 0 Å². The average molecular weight is 253 g/mol. The summed E-state index contributed by atoms with van der Waals surface area (Å²) in [6.07, 6.45) is 0.927. The molecular weight excluding hydrogens is 230 g/mol. The first-order valence-electron chi connectivity index (χ1n) is 6.10. The van der Waals surface area contributed by atoms with Crippen LogP contribution in [0.25, 0.3) is 0 Å². The molecule has 2 nitrogen and oxygen atoms in total. The fraction of sp³-hybridized carbons (Fsp3) is 0.571. The molecule has 3 heteroatoms. The minimum Gasteiger partial charge on any atom is -0.317 e. The van der Waals surface area contributed by atoms with Crippen LogP contribution < -0.4 is 5.32 Å². The Morgan fingerprint density at radius 2 is 1.94 bits per heavy atom. The Hall–Kier alpha value is -0.670. The van der Waals surface area contributed by atoms with Crippen molar-refractivity contribution in [3.63, 3.8) is 0 Å². The van der Waals surface area contributed by atoms with E-state index in [1.165, 1.54) is 5.56 Å². The number of rotatable bonds is 5. The van der Waals surface area contributed by atoms with Crippen LogP contribution in [0.1, 0.15) is 31.4 Å². The van der Waals surface area contributed by atoms with E-state index in [2.05, 4.69) is 32.2 Å². The van der Waals surface area contributed by atoms with Crippen molar-refractivity contribution in [1.29, 1.82) is 0 Å². The second kappa shape index (κ2) is 6.31. The van der Waals surface area contributed by atoms with Gasteiger partial charge >= 0.3 is 0 Å². The van der Waals surface area contributed by atoms with Crippen LogP contribution in [0.2, 0.25) is 0 Å². The number of hydrogen-bond donors (Lipinski definition) is 1. The van der Waals surface area contributed by atoms with Gasteiger partial charge in [-0.25, -0.2) is 0 Å². The summed E-state index contributed by atoms with van der Waals surface area (Å²) in [7, 11) is 1.03. The van der Waals surface area contributed by atoms with Gasteiger partial charge in [-0.15, -0.1) is 0 Å². The van der Waals surface area contributed by atoms with Crippen molar-refractivity contribution >= 4 is 10.8 Å². The molecule has 0 spiro atoms. The molecular formula is C14H23NOS. The molecule has 0 aliphatic carbocycles. The quantitative estimate of drug-likeness (QED) is 0.874. The van der Waals surface area contributed by atoms with Gasteiger partial charge in [0.05, 0.1) is 10.8 Å². The van der Waals surface area contributed by atoms with E-state index in [1.807, 2.05) is 26.1 Å². The Labute approximate surface area is 107 Å². The summed E-state index contributed by atoms with van der Waals surface area (Å²) < 4.78 is 12.4. The van der Waals surface area contributed by atoms with Gasteiger partial charge in [0.15, 0.2) is 0 Å². The van der Waals surface area contributed by atoms with E-state index < -0.39 is 10.8 Å². The highest BCUT2D eigenvalue weighted by Gasteiger charge is 2.17. The molecule has 0 heterocycles. The molecule has 0 aliphatic rings. The summed E-state index contributed by atoms with van der Waals surface area (Å²) in [6, 6.07) is 6.54. The topological polar surface area (TPSA) is 29.1 Å². The van der Waals surface area contributed by atoms with Crippen molar-refractivity contribution in [1.82, 2.24) is 5.32 Å². The van der Waals surface area contributed by atoms with Crippen LogP contribution in [0.5, 0.6) is 0 Å². The van der Waals surface area contributed by atoms with E-state index >= 15 is 0 Å². The molecule has 1 rings (SSSR count). The Kier molecular flexibility index (Phi) is 5.34. The molecule has 1 N–H and O–H groups in total. The molecule has 0 saturated heterocycles. The van der Waals surface area contributed by atoms with Crippen molar-refractivity contribution in [2.24, 2.45) is 0 Å². The smallest absolute Gasteiger partial charge is 0.0561 e. The van der Waals surface area contributed by atoms with Gasteiger partial charge in [-0.2, -0.15) is 0 Å². The molecule has 17 heavy (non-hydrogen) atoms. The number of hydrogen-bond acceptors (Lipinski definition) is 2. The molecule has 0 saturated carbocycles. The van der Waals surface area contributed by atoms with Crippen LogP contribution in [-0.2, 0) is 10.8 Å². The Balaban J connectivity index is 2.81. The van der Waals surface area contributed by atoms with Crippen LogP contribution in [0, 0.1) is 13.8 Å². The zero-order valence-corrected chi connectivity index (χ0v) is 12.2.